The van der Waals surface area contributed by atoms with Crippen LogP contribution in [0.3, 0.4) is 0 Å². The first kappa shape index (κ1) is 30.2. The molecular formula is C28H27BrCl2N4O4S. The van der Waals surface area contributed by atoms with Crippen molar-refractivity contribution >= 4 is 50.9 Å². The lowest BCUT2D eigenvalue weighted by molar-refractivity contribution is -0.479. The standard InChI is InChI=1S/C28H27BrCl2N4O4S/c1-5-38-25-13-20(12-22(29)27(25)39-15-19-7-9-23(30)24(31)11-19)26(14-34(36)37)40-28-33-32-18(4)35(28)21-8-6-16(2)17(3)10-21/h6-13,26H,5,14-15H2,1-4H3/t26-/m1/s1. The molecule has 0 unspecified atom stereocenters. The molecule has 3 aromatic carbocycles. The fourth-order valence-electron chi connectivity index (χ4n) is 4.02. The molecule has 1 aromatic heterocycles. The summed E-state index contributed by atoms with van der Waals surface area (Å²) >= 11 is 17.1. The normalized spacial score (nSPS) is 11.9. The Hall–Kier alpha value is -2.79. The summed E-state index contributed by atoms with van der Waals surface area (Å²) in [5.74, 6) is 1.64. The average Bonchev–Trinajstić information content (AvgIpc) is 3.26. The molecule has 1 heterocycles. The average molecular weight is 666 g/mol. The minimum atomic E-state index is -0.580. The lowest BCUT2D eigenvalue weighted by Crippen LogP contribution is -2.12. The highest BCUT2D eigenvalue weighted by Gasteiger charge is 2.26. The lowest BCUT2D eigenvalue weighted by atomic mass is 10.1. The zero-order chi connectivity index (χ0) is 29.0. The SMILES string of the molecule is CCOc1cc([C@@H](C[N+](=O)[O-])Sc2nnc(C)n2-c2ccc(C)c(C)c2)cc(Br)c1OCc1ccc(Cl)c(Cl)c1. The Balaban J connectivity index is 1.67. The minimum Gasteiger partial charge on any atom is -0.490 e. The maximum absolute atomic E-state index is 11.8. The van der Waals surface area contributed by atoms with Crippen molar-refractivity contribution in [3.05, 3.63) is 101 Å². The quantitative estimate of drug-likeness (QED) is 0.0903. The molecule has 12 heteroatoms. The molecule has 210 valence electrons. The summed E-state index contributed by atoms with van der Waals surface area (Å²) in [5.41, 5.74) is 4.71. The number of nitrogens with zero attached hydrogens (tertiary/aromatic N) is 4. The maximum Gasteiger partial charge on any atom is 0.220 e. The molecule has 4 rings (SSSR count). The lowest BCUT2D eigenvalue weighted by Gasteiger charge is -2.19. The van der Waals surface area contributed by atoms with Crippen LogP contribution in [0.25, 0.3) is 5.69 Å². The number of nitro groups is 1. The molecule has 0 saturated carbocycles. The van der Waals surface area contributed by atoms with E-state index in [1.54, 1.807) is 18.2 Å². The summed E-state index contributed by atoms with van der Waals surface area (Å²) in [5, 5.41) is 21.2. The molecule has 0 amide bonds. The number of rotatable bonds is 11. The first-order valence-corrected chi connectivity index (χ1v) is 14.8. The predicted octanol–water partition coefficient (Wildman–Crippen LogP) is 8.35. The molecule has 0 saturated heterocycles. The van der Waals surface area contributed by atoms with Crippen LogP contribution in [0.4, 0.5) is 0 Å². The molecule has 4 aromatic rings. The van der Waals surface area contributed by atoms with Crippen LogP contribution in [0.15, 0.2) is 58.2 Å². The number of ether oxygens (including phenoxy) is 2. The van der Waals surface area contributed by atoms with E-state index in [1.165, 1.54) is 17.3 Å². The van der Waals surface area contributed by atoms with E-state index >= 15 is 0 Å². The van der Waals surface area contributed by atoms with Gasteiger partial charge in [0.05, 0.1) is 21.1 Å². The Morgan fingerprint density at radius 1 is 1.02 bits per heavy atom. The van der Waals surface area contributed by atoms with Crippen molar-refractivity contribution in [2.75, 3.05) is 13.2 Å². The topological polar surface area (TPSA) is 92.3 Å². The van der Waals surface area contributed by atoms with Gasteiger partial charge in [-0.05, 0) is 102 Å². The number of hydrogen-bond acceptors (Lipinski definition) is 7. The zero-order valence-corrected chi connectivity index (χ0v) is 26.2. The first-order chi connectivity index (χ1) is 19.1. The van der Waals surface area contributed by atoms with E-state index in [9.17, 15) is 10.1 Å². The van der Waals surface area contributed by atoms with Crippen LogP contribution in [0, 0.1) is 30.9 Å². The summed E-state index contributed by atoms with van der Waals surface area (Å²) in [7, 11) is 0. The summed E-state index contributed by atoms with van der Waals surface area (Å²) < 4.78 is 14.5. The Morgan fingerprint density at radius 3 is 2.48 bits per heavy atom. The van der Waals surface area contributed by atoms with Gasteiger partial charge >= 0.3 is 0 Å². The second-order valence-corrected chi connectivity index (χ2v) is 11.9. The molecule has 0 radical (unpaired) electrons. The van der Waals surface area contributed by atoms with E-state index in [0.717, 1.165) is 16.8 Å². The van der Waals surface area contributed by atoms with E-state index in [0.29, 0.717) is 49.2 Å². The van der Waals surface area contributed by atoms with Crippen molar-refractivity contribution < 1.29 is 14.4 Å². The van der Waals surface area contributed by atoms with Gasteiger partial charge in [0.1, 0.15) is 17.7 Å². The maximum atomic E-state index is 11.8. The van der Waals surface area contributed by atoms with Crippen LogP contribution in [-0.2, 0) is 6.61 Å². The molecule has 0 bridgehead atoms. The van der Waals surface area contributed by atoms with Gasteiger partial charge in [-0.15, -0.1) is 10.2 Å². The number of aromatic nitrogens is 3. The molecule has 0 fully saturated rings. The van der Waals surface area contributed by atoms with Gasteiger partial charge < -0.3 is 9.47 Å². The molecule has 0 aliphatic heterocycles. The fourth-order valence-corrected chi connectivity index (χ4v) is 6.07. The van der Waals surface area contributed by atoms with Gasteiger partial charge in [-0.2, -0.15) is 0 Å². The minimum absolute atomic E-state index is 0.223. The fraction of sp³-hybridized carbons (Fsp3) is 0.286. The molecule has 0 N–H and O–H groups in total. The van der Waals surface area contributed by atoms with Crippen molar-refractivity contribution in [3.63, 3.8) is 0 Å². The largest absolute Gasteiger partial charge is 0.490 e. The van der Waals surface area contributed by atoms with Crippen molar-refractivity contribution in [2.45, 2.75) is 44.7 Å². The van der Waals surface area contributed by atoms with Gasteiger partial charge in [0.15, 0.2) is 16.7 Å². The number of hydrogen-bond donors (Lipinski definition) is 0. The van der Waals surface area contributed by atoms with Crippen LogP contribution in [-0.4, -0.2) is 32.8 Å². The summed E-state index contributed by atoms with van der Waals surface area (Å²) in [4.78, 5) is 11.4. The van der Waals surface area contributed by atoms with Crippen LogP contribution < -0.4 is 9.47 Å². The van der Waals surface area contributed by atoms with Gasteiger partial charge in [-0.25, -0.2) is 0 Å². The number of aryl methyl sites for hydroxylation is 3. The van der Waals surface area contributed by atoms with Gasteiger partial charge in [-0.1, -0.05) is 47.1 Å². The summed E-state index contributed by atoms with van der Waals surface area (Å²) in [6.07, 6.45) is 0. The third-order valence-electron chi connectivity index (χ3n) is 6.18. The van der Waals surface area contributed by atoms with E-state index in [2.05, 4.69) is 32.2 Å². The van der Waals surface area contributed by atoms with Crippen molar-refractivity contribution in [1.29, 1.82) is 0 Å². The predicted molar refractivity (Wildman–Crippen MR) is 162 cm³/mol. The Morgan fingerprint density at radius 2 is 1.80 bits per heavy atom. The highest BCUT2D eigenvalue weighted by Crippen LogP contribution is 2.43. The zero-order valence-electron chi connectivity index (χ0n) is 22.3. The highest BCUT2D eigenvalue weighted by molar-refractivity contribution is 9.10. The van der Waals surface area contributed by atoms with Crippen molar-refractivity contribution in [3.8, 4) is 17.2 Å². The smallest absolute Gasteiger partial charge is 0.220 e. The van der Waals surface area contributed by atoms with E-state index in [-0.39, 0.29) is 18.1 Å². The van der Waals surface area contributed by atoms with E-state index < -0.39 is 5.25 Å². The molecule has 1 atom stereocenters. The molecule has 40 heavy (non-hydrogen) atoms. The number of thioether (sulfide) groups is 1. The third-order valence-corrected chi connectivity index (χ3v) is 8.69. The second-order valence-electron chi connectivity index (χ2n) is 9.06. The second kappa shape index (κ2) is 13.2. The van der Waals surface area contributed by atoms with Gasteiger partial charge in [0.25, 0.3) is 0 Å². The monoisotopic (exact) mass is 664 g/mol. The van der Waals surface area contributed by atoms with E-state index in [1.807, 2.05) is 56.5 Å². The van der Waals surface area contributed by atoms with E-state index in [4.69, 9.17) is 32.7 Å². The van der Waals surface area contributed by atoms with Gasteiger partial charge in [0, 0.05) is 10.6 Å². The Kier molecular flexibility index (Phi) is 9.99. The molecular weight excluding hydrogens is 639 g/mol. The molecule has 0 aliphatic carbocycles. The van der Waals surface area contributed by atoms with Gasteiger partial charge in [-0.3, -0.25) is 14.7 Å². The number of halogens is 3. The molecule has 8 nitrogen and oxygen atoms in total. The van der Waals surface area contributed by atoms with Crippen LogP contribution in [0.1, 0.15) is 40.3 Å². The first-order valence-electron chi connectivity index (χ1n) is 12.4. The van der Waals surface area contributed by atoms with Crippen LogP contribution in [0.5, 0.6) is 11.5 Å². The summed E-state index contributed by atoms with van der Waals surface area (Å²) in [6, 6.07) is 15.0. The van der Waals surface area contributed by atoms with Crippen molar-refractivity contribution in [1.82, 2.24) is 14.8 Å². The number of benzene rings is 3. The summed E-state index contributed by atoms with van der Waals surface area (Å²) in [6.45, 7) is 8.09. The molecule has 0 aliphatic rings. The third kappa shape index (κ3) is 7.09. The van der Waals surface area contributed by atoms with Gasteiger partial charge in [0.2, 0.25) is 6.54 Å². The molecule has 0 spiro atoms. The Bertz CT molecular complexity index is 1550. The van der Waals surface area contributed by atoms with Crippen LogP contribution >= 0.6 is 50.9 Å². The van der Waals surface area contributed by atoms with Crippen molar-refractivity contribution in [2.24, 2.45) is 0 Å². The highest BCUT2D eigenvalue weighted by atomic mass is 79.9. The van der Waals surface area contributed by atoms with Crippen LogP contribution in [0.2, 0.25) is 10.0 Å². The Labute approximate surface area is 255 Å².